The number of aromatic nitrogens is 2. The lowest BCUT2D eigenvalue weighted by Crippen LogP contribution is -2.16. The molecular weight excluding hydrogens is 396 g/mol. The van der Waals surface area contributed by atoms with E-state index in [1.54, 1.807) is 0 Å². The van der Waals surface area contributed by atoms with Crippen LogP contribution in [0.2, 0.25) is 0 Å². The molecule has 0 saturated heterocycles. The number of hydrogen-bond donors (Lipinski definition) is 2. The molecule has 0 aliphatic rings. The SMILES string of the molecule is Cc1cc(N)cnc1S(=O)(=O)Nc1nc(-c2ccc(F)c(F)c2)c(C#N)s1. The van der Waals surface area contributed by atoms with Gasteiger partial charge in [0.2, 0.25) is 0 Å². The second-order valence-corrected chi connectivity index (χ2v) is 8.03. The second kappa shape index (κ2) is 6.90. The van der Waals surface area contributed by atoms with Crippen LogP contribution in [0.15, 0.2) is 35.5 Å². The molecule has 3 N–H and O–H groups in total. The molecule has 0 aliphatic heterocycles. The van der Waals surface area contributed by atoms with Gasteiger partial charge in [-0.3, -0.25) is 4.72 Å². The van der Waals surface area contributed by atoms with E-state index in [4.69, 9.17) is 5.73 Å². The van der Waals surface area contributed by atoms with E-state index in [2.05, 4.69) is 14.7 Å². The Morgan fingerprint density at radius 2 is 2.00 bits per heavy atom. The van der Waals surface area contributed by atoms with Gasteiger partial charge in [-0.15, -0.1) is 0 Å². The number of anilines is 2. The quantitative estimate of drug-likeness (QED) is 0.685. The predicted octanol–water partition coefficient (Wildman–Crippen LogP) is 3.05. The summed E-state index contributed by atoms with van der Waals surface area (Å²) in [6.07, 6.45) is 1.21. The Morgan fingerprint density at radius 3 is 2.63 bits per heavy atom. The molecule has 0 atom stereocenters. The molecule has 7 nitrogen and oxygen atoms in total. The monoisotopic (exact) mass is 407 g/mol. The second-order valence-electron chi connectivity index (χ2n) is 5.43. The topological polar surface area (TPSA) is 122 Å². The highest BCUT2D eigenvalue weighted by Crippen LogP contribution is 2.32. The van der Waals surface area contributed by atoms with Crippen molar-refractivity contribution in [1.82, 2.24) is 9.97 Å². The van der Waals surface area contributed by atoms with Crippen LogP contribution in [0.25, 0.3) is 11.3 Å². The van der Waals surface area contributed by atoms with Crippen LogP contribution in [0, 0.1) is 29.9 Å². The third kappa shape index (κ3) is 3.71. The highest BCUT2D eigenvalue weighted by Gasteiger charge is 2.22. The smallest absolute Gasteiger partial charge is 0.281 e. The molecule has 0 aliphatic carbocycles. The van der Waals surface area contributed by atoms with E-state index in [9.17, 15) is 22.5 Å². The molecule has 11 heteroatoms. The Balaban J connectivity index is 2.00. The summed E-state index contributed by atoms with van der Waals surface area (Å²) in [6.45, 7) is 1.53. The summed E-state index contributed by atoms with van der Waals surface area (Å²) in [5.74, 6) is -2.15. The molecule has 0 amide bonds. The van der Waals surface area contributed by atoms with E-state index < -0.39 is 21.7 Å². The van der Waals surface area contributed by atoms with E-state index >= 15 is 0 Å². The van der Waals surface area contributed by atoms with E-state index in [0.717, 1.165) is 23.5 Å². The fraction of sp³-hybridized carbons (Fsp3) is 0.0625. The maximum absolute atomic E-state index is 13.5. The number of hydrogen-bond acceptors (Lipinski definition) is 7. The fourth-order valence-corrected chi connectivity index (χ4v) is 4.49. The minimum Gasteiger partial charge on any atom is -0.397 e. The first-order chi connectivity index (χ1) is 12.7. The molecule has 2 heterocycles. The van der Waals surface area contributed by atoms with Gasteiger partial charge in [0.05, 0.1) is 11.9 Å². The summed E-state index contributed by atoms with van der Waals surface area (Å²) >= 11 is 0.764. The number of aryl methyl sites for hydroxylation is 1. The highest BCUT2D eigenvalue weighted by molar-refractivity contribution is 7.92. The van der Waals surface area contributed by atoms with Gasteiger partial charge in [-0.05, 0) is 36.8 Å². The number of halogens is 2. The number of nitrogens with two attached hydrogens (primary N) is 1. The molecule has 0 fully saturated rings. The van der Waals surface area contributed by atoms with Crippen molar-refractivity contribution in [2.45, 2.75) is 11.9 Å². The summed E-state index contributed by atoms with van der Waals surface area (Å²) in [5, 5.41) is 8.91. The molecule has 138 valence electrons. The molecule has 0 spiro atoms. The summed E-state index contributed by atoms with van der Waals surface area (Å²) < 4.78 is 53.9. The summed E-state index contributed by atoms with van der Waals surface area (Å²) in [5.41, 5.74) is 6.41. The van der Waals surface area contributed by atoms with Gasteiger partial charge in [-0.25, -0.2) is 18.7 Å². The van der Waals surface area contributed by atoms with Gasteiger partial charge in [0.25, 0.3) is 10.0 Å². The molecule has 27 heavy (non-hydrogen) atoms. The van der Waals surface area contributed by atoms with Gasteiger partial charge in [0.15, 0.2) is 21.8 Å². The third-order valence-corrected chi connectivity index (χ3v) is 5.85. The number of rotatable bonds is 4. The van der Waals surface area contributed by atoms with Crippen LogP contribution in [0.1, 0.15) is 10.4 Å². The number of nitriles is 1. The number of pyridine rings is 1. The predicted molar refractivity (Wildman–Crippen MR) is 96.4 cm³/mol. The molecule has 0 saturated carbocycles. The number of nitrogen functional groups attached to an aromatic ring is 1. The van der Waals surface area contributed by atoms with Crippen LogP contribution in [-0.4, -0.2) is 18.4 Å². The molecule has 3 aromatic rings. The van der Waals surface area contributed by atoms with Gasteiger partial charge < -0.3 is 5.73 Å². The van der Waals surface area contributed by atoms with Crippen molar-refractivity contribution >= 4 is 32.2 Å². The van der Waals surface area contributed by atoms with Gasteiger partial charge >= 0.3 is 0 Å². The Kier molecular flexibility index (Phi) is 4.77. The van der Waals surface area contributed by atoms with Gasteiger partial charge in [0, 0.05) is 5.56 Å². The van der Waals surface area contributed by atoms with Crippen molar-refractivity contribution in [2.75, 3.05) is 10.5 Å². The standard InChI is InChI=1S/C16H11F2N5O2S2/c1-8-4-10(20)7-21-15(8)27(24,25)23-16-22-14(13(6-19)26-16)9-2-3-11(17)12(18)5-9/h2-5,7H,20H2,1H3,(H,22,23). The minimum absolute atomic E-state index is 0.0423. The molecule has 2 aromatic heterocycles. The van der Waals surface area contributed by atoms with Gasteiger partial charge in [-0.2, -0.15) is 13.7 Å². The lowest BCUT2D eigenvalue weighted by atomic mass is 10.1. The molecular formula is C16H11F2N5O2S2. The Bertz CT molecular complexity index is 1190. The molecule has 1 aromatic carbocycles. The van der Waals surface area contributed by atoms with Gasteiger partial charge in [-0.1, -0.05) is 11.3 Å². The number of nitrogens with one attached hydrogen (secondary N) is 1. The van der Waals surface area contributed by atoms with Gasteiger partial charge in [0.1, 0.15) is 16.6 Å². The van der Waals surface area contributed by atoms with Crippen LogP contribution in [0.4, 0.5) is 19.6 Å². The van der Waals surface area contributed by atoms with Crippen LogP contribution in [0.5, 0.6) is 0 Å². The summed E-state index contributed by atoms with van der Waals surface area (Å²) in [7, 11) is -4.08. The third-order valence-electron chi connectivity index (χ3n) is 3.45. The van der Waals surface area contributed by atoms with Crippen molar-refractivity contribution in [2.24, 2.45) is 0 Å². The maximum atomic E-state index is 13.5. The van der Waals surface area contributed by atoms with Crippen LogP contribution >= 0.6 is 11.3 Å². The maximum Gasteiger partial charge on any atom is 0.281 e. The number of nitrogens with zero attached hydrogens (tertiary/aromatic N) is 3. The normalized spacial score (nSPS) is 11.2. The zero-order valence-electron chi connectivity index (χ0n) is 13.7. The Labute approximate surface area is 157 Å². The zero-order chi connectivity index (χ0) is 19.8. The molecule has 0 unspecified atom stereocenters. The van der Waals surface area contributed by atoms with E-state index in [-0.39, 0.29) is 26.3 Å². The summed E-state index contributed by atoms with van der Waals surface area (Å²) in [6, 6.07) is 6.35. The Morgan fingerprint density at radius 1 is 1.26 bits per heavy atom. The van der Waals surface area contributed by atoms with Crippen molar-refractivity contribution in [3.63, 3.8) is 0 Å². The highest BCUT2D eigenvalue weighted by atomic mass is 32.2. The van der Waals surface area contributed by atoms with Crippen molar-refractivity contribution < 1.29 is 17.2 Å². The minimum atomic E-state index is -4.08. The van der Waals surface area contributed by atoms with Crippen LogP contribution < -0.4 is 10.5 Å². The summed E-state index contributed by atoms with van der Waals surface area (Å²) in [4.78, 5) is 7.91. The number of benzene rings is 1. The average molecular weight is 407 g/mol. The molecule has 3 rings (SSSR count). The average Bonchev–Trinajstić information content (AvgIpc) is 2.99. The van der Waals surface area contributed by atoms with E-state index in [1.807, 2.05) is 6.07 Å². The zero-order valence-corrected chi connectivity index (χ0v) is 15.3. The Hall–Kier alpha value is -3.10. The first kappa shape index (κ1) is 18.7. The van der Waals surface area contributed by atoms with Crippen molar-refractivity contribution in [1.29, 1.82) is 5.26 Å². The molecule has 0 bridgehead atoms. The number of sulfonamides is 1. The lowest BCUT2D eigenvalue weighted by Gasteiger charge is -2.07. The molecule has 0 radical (unpaired) electrons. The lowest BCUT2D eigenvalue weighted by molar-refractivity contribution is 0.509. The van der Waals surface area contributed by atoms with E-state index in [1.165, 1.54) is 25.3 Å². The first-order valence-electron chi connectivity index (χ1n) is 7.32. The van der Waals surface area contributed by atoms with E-state index in [0.29, 0.717) is 11.3 Å². The first-order valence-corrected chi connectivity index (χ1v) is 9.62. The van der Waals surface area contributed by atoms with Crippen molar-refractivity contribution in [3.8, 4) is 17.3 Å². The largest absolute Gasteiger partial charge is 0.397 e. The van der Waals surface area contributed by atoms with Crippen LogP contribution in [0.3, 0.4) is 0 Å². The fourth-order valence-electron chi connectivity index (χ4n) is 2.31. The van der Waals surface area contributed by atoms with Crippen molar-refractivity contribution in [3.05, 3.63) is 52.5 Å². The number of thiazole rings is 1. The van der Waals surface area contributed by atoms with Crippen LogP contribution in [-0.2, 0) is 10.0 Å².